The maximum atomic E-state index is 14.5. The van der Waals surface area contributed by atoms with E-state index in [1.807, 2.05) is 13.8 Å². The lowest BCUT2D eigenvalue weighted by molar-refractivity contribution is -0.245. The van der Waals surface area contributed by atoms with Crippen LogP contribution < -0.4 is 8.86 Å². The Hall–Kier alpha value is -2.70. The van der Waals surface area contributed by atoms with Gasteiger partial charge in [0.1, 0.15) is 5.75 Å². The topological polar surface area (TPSA) is 164 Å². The molecule has 1 heterocycles. The lowest BCUT2D eigenvalue weighted by Crippen LogP contribution is -2.66. The average Bonchev–Trinajstić information content (AvgIpc) is 2.95. The van der Waals surface area contributed by atoms with Crippen LogP contribution >= 0.6 is 0 Å². The number of ether oxygens (including phenoxy) is 1. The summed E-state index contributed by atoms with van der Waals surface area (Å²) in [5, 5.41) is -14.5. The van der Waals surface area contributed by atoms with Gasteiger partial charge in [-0.25, -0.2) is 25.3 Å². The van der Waals surface area contributed by atoms with Crippen molar-refractivity contribution in [1.82, 2.24) is 13.3 Å². The summed E-state index contributed by atoms with van der Waals surface area (Å²) >= 11 is 0. The molecular weight excluding hydrogens is 729 g/mol. The van der Waals surface area contributed by atoms with Crippen molar-refractivity contribution in [2.75, 3.05) is 26.2 Å². The van der Waals surface area contributed by atoms with Crippen LogP contribution in [0, 0.1) is 0 Å². The van der Waals surface area contributed by atoms with Crippen LogP contribution in [0.3, 0.4) is 0 Å². The Morgan fingerprint density at radius 3 is 1.79 bits per heavy atom. The fraction of sp³-hybridized carbons (Fsp3) is 0.652. The lowest BCUT2D eigenvalue weighted by Gasteiger charge is -2.38. The molecule has 0 radical (unpaired) electrons. The van der Waals surface area contributed by atoms with Crippen molar-refractivity contribution < 1.29 is 79.1 Å². The molecule has 0 saturated carbocycles. The van der Waals surface area contributed by atoms with Crippen LogP contribution in [-0.4, -0.2) is 94.5 Å². The van der Waals surface area contributed by atoms with E-state index in [4.69, 9.17) is 4.74 Å². The zero-order valence-corrected chi connectivity index (χ0v) is 26.7. The van der Waals surface area contributed by atoms with Crippen LogP contribution in [0.4, 0.5) is 39.5 Å². The standard InChI is InChI=1S/C23H28F9N3O9S3/c1-3-15(2)16-7-9-17(10-8-16)44-19(37)6-4-5-18(36)34-11-13-35(14-12-34)47(42,43)22(28,29)20(24,25)21(26,27)45(38,39)33-46(40,41)23(30,31)32/h7-10,15,33H,3-6,11-14H2,1-2H3. The highest BCUT2D eigenvalue weighted by Gasteiger charge is 2.83. The zero-order chi connectivity index (χ0) is 36.4. The van der Waals surface area contributed by atoms with E-state index >= 15 is 0 Å². The Morgan fingerprint density at radius 1 is 0.809 bits per heavy atom. The van der Waals surface area contributed by atoms with Gasteiger partial charge < -0.3 is 9.64 Å². The van der Waals surface area contributed by atoms with Gasteiger partial charge in [0.15, 0.2) is 0 Å². The first kappa shape index (κ1) is 40.5. The van der Waals surface area contributed by atoms with Crippen LogP contribution in [0.5, 0.6) is 5.75 Å². The molecule has 47 heavy (non-hydrogen) atoms. The summed E-state index contributed by atoms with van der Waals surface area (Å²) in [5.74, 6) is -8.48. The van der Waals surface area contributed by atoms with Crippen molar-refractivity contribution in [3.63, 3.8) is 0 Å². The molecule has 0 bridgehead atoms. The van der Waals surface area contributed by atoms with E-state index in [-0.39, 0.29) is 30.9 Å². The van der Waals surface area contributed by atoms with E-state index in [1.165, 1.54) is 0 Å². The van der Waals surface area contributed by atoms with Crippen molar-refractivity contribution >= 4 is 41.9 Å². The molecule has 1 unspecified atom stereocenters. The van der Waals surface area contributed by atoms with E-state index in [0.717, 1.165) is 16.9 Å². The van der Waals surface area contributed by atoms with E-state index in [0.29, 0.717) is 0 Å². The minimum atomic E-state index is -7.88. The summed E-state index contributed by atoms with van der Waals surface area (Å²) in [6.45, 7) is 0.0863. The third-order valence-corrected chi connectivity index (χ3v) is 12.2. The minimum absolute atomic E-state index is 0.0902. The molecule has 1 aliphatic heterocycles. The zero-order valence-electron chi connectivity index (χ0n) is 24.2. The second kappa shape index (κ2) is 14.0. The van der Waals surface area contributed by atoms with Gasteiger partial charge >= 0.3 is 37.9 Å². The number of hydrogen-bond donors (Lipinski definition) is 1. The second-order valence-corrected chi connectivity index (χ2v) is 15.8. The number of nitrogens with zero attached hydrogens (tertiary/aromatic N) is 2. The minimum Gasteiger partial charge on any atom is -0.427 e. The van der Waals surface area contributed by atoms with E-state index in [9.17, 15) is 74.4 Å². The van der Waals surface area contributed by atoms with Gasteiger partial charge in [0.05, 0.1) is 0 Å². The Kier molecular flexibility index (Phi) is 12.1. The third-order valence-electron chi connectivity index (χ3n) is 6.91. The molecule has 0 spiro atoms. The molecule has 12 nitrogen and oxygen atoms in total. The molecule has 0 aliphatic carbocycles. The summed E-state index contributed by atoms with van der Waals surface area (Å²) in [5.41, 5.74) is -5.66. The van der Waals surface area contributed by atoms with E-state index in [2.05, 4.69) is 0 Å². The van der Waals surface area contributed by atoms with Gasteiger partial charge in [-0.3, -0.25) is 9.59 Å². The molecule has 0 aromatic heterocycles. The van der Waals surface area contributed by atoms with Gasteiger partial charge in [-0.2, -0.15) is 43.8 Å². The maximum absolute atomic E-state index is 14.5. The molecule has 1 aromatic carbocycles. The largest absolute Gasteiger partial charge is 0.512 e. The molecule has 1 fully saturated rings. The number of amides is 1. The van der Waals surface area contributed by atoms with Crippen molar-refractivity contribution in [1.29, 1.82) is 0 Å². The number of nitrogens with one attached hydrogen (secondary N) is 1. The molecule has 1 N–H and O–H groups in total. The molecule has 1 aliphatic rings. The third kappa shape index (κ3) is 8.31. The fourth-order valence-corrected chi connectivity index (χ4v) is 7.81. The van der Waals surface area contributed by atoms with Gasteiger partial charge in [-0.15, -0.1) is 0 Å². The molecule has 2 rings (SSSR count). The number of hydrogen-bond acceptors (Lipinski definition) is 9. The summed E-state index contributed by atoms with van der Waals surface area (Å²) < 4.78 is 196. The van der Waals surface area contributed by atoms with E-state index in [1.54, 1.807) is 24.3 Å². The number of rotatable bonds is 14. The number of carbonyl (C=O) groups is 2. The van der Waals surface area contributed by atoms with Crippen molar-refractivity contribution in [3.05, 3.63) is 29.8 Å². The first-order chi connectivity index (χ1) is 21.2. The van der Waals surface area contributed by atoms with Crippen LogP contribution in [0.2, 0.25) is 0 Å². The van der Waals surface area contributed by atoms with Crippen LogP contribution in [0.25, 0.3) is 0 Å². The summed E-state index contributed by atoms with van der Waals surface area (Å²) in [6.07, 6.45) is 0.190. The molecule has 1 saturated heterocycles. The number of halogens is 9. The van der Waals surface area contributed by atoms with Crippen molar-refractivity contribution in [3.8, 4) is 5.75 Å². The highest BCUT2D eigenvalue weighted by molar-refractivity contribution is 8.05. The van der Waals surface area contributed by atoms with Crippen LogP contribution in [-0.2, 0) is 39.7 Å². The number of piperazine rings is 1. The monoisotopic (exact) mass is 757 g/mol. The predicted molar refractivity (Wildman–Crippen MR) is 144 cm³/mol. The highest BCUT2D eigenvalue weighted by atomic mass is 32.3. The number of alkyl halides is 9. The Bertz CT molecular complexity index is 1630. The molecule has 24 heteroatoms. The van der Waals surface area contributed by atoms with Crippen LogP contribution in [0.15, 0.2) is 24.3 Å². The Balaban J connectivity index is 2.02. The number of sulfonamides is 3. The van der Waals surface area contributed by atoms with Gasteiger partial charge in [0.2, 0.25) is 5.91 Å². The smallest absolute Gasteiger partial charge is 0.427 e. The van der Waals surface area contributed by atoms with Crippen LogP contribution in [0.1, 0.15) is 51.0 Å². The lowest BCUT2D eigenvalue weighted by atomic mass is 9.99. The Labute approximate surface area is 263 Å². The van der Waals surface area contributed by atoms with Gasteiger partial charge in [-0.1, -0.05) is 30.1 Å². The van der Waals surface area contributed by atoms with Gasteiger partial charge in [0, 0.05) is 39.0 Å². The molecule has 1 atom stereocenters. The van der Waals surface area contributed by atoms with E-state index < -0.39 is 98.5 Å². The first-order valence-electron chi connectivity index (χ1n) is 13.2. The summed E-state index contributed by atoms with van der Waals surface area (Å²) in [6, 6.07) is 6.69. The van der Waals surface area contributed by atoms with Gasteiger partial charge in [-0.05, 0) is 36.5 Å². The SMILES string of the molecule is CCC(C)c1ccc(OC(=O)CCCC(=O)N2CCN(S(=O)(=O)C(F)(F)C(F)(F)C(F)(F)S(=O)(=O)NS(=O)(=O)C(F)(F)F)CC2)cc1. The average molecular weight is 758 g/mol. The molecule has 270 valence electrons. The maximum Gasteiger partial charge on any atom is 0.512 e. The Morgan fingerprint density at radius 2 is 1.32 bits per heavy atom. The highest BCUT2D eigenvalue weighted by Crippen LogP contribution is 2.51. The van der Waals surface area contributed by atoms with Gasteiger partial charge in [0.25, 0.3) is 20.0 Å². The quantitative estimate of drug-likeness (QED) is 0.170. The predicted octanol–water partition coefficient (Wildman–Crippen LogP) is 3.34. The number of carbonyl (C=O) groups excluding carboxylic acids is 2. The fourth-order valence-electron chi connectivity index (χ4n) is 3.91. The van der Waals surface area contributed by atoms with Crippen molar-refractivity contribution in [2.45, 2.75) is 67.4 Å². The number of benzene rings is 1. The molecule has 1 aromatic rings. The van der Waals surface area contributed by atoms with Crippen molar-refractivity contribution in [2.24, 2.45) is 0 Å². The summed E-state index contributed by atoms with van der Waals surface area (Å²) in [4.78, 5) is 25.4. The second-order valence-electron chi connectivity index (χ2n) is 10.1. The molecule has 1 amide bonds. The molecular formula is C23H28F9N3O9S3. The normalized spacial score (nSPS) is 17.0. The number of esters is 1. The summed E-state index contributed by atoms with van der Waals surface area (Å²) in [7, 11) is -22.2. The first-order valence-corrected chi connectivity index (χ1v) is 17.6.